The number of aromatic nitrogens is 1. The highest BCUT2D eigenvalue weighted by molar-refractivity contribution is 7.92. The van der Waals surface area contributed by atoms with Gasteiger partial charge in [0.1, 0.15) is 4.99 Å². The molecule has 2 rings (SSSR count). The summed E-state index contributed by atoms with van der Waals surface area (Å²) in [5, 5.41) is 0. The first-order valence-electron chi connectivity index (χ1n) is 5.73. The lowest BCUT2D eigenvalue weighted by Gasteiger charge is -2.10. The number of hydrogen-bond acceptors (Lipinski definition) is 4. The van der Waals surface area contributed by atoms with Gasteiger partial charge in [-0.25, -0.2) is 8.42 Å². The molecule has 1 aromatic carbocycles. The molecule has 2 aromatic rings. The van der Waals surface area contributed by atoms with Crippen molar-refractivity contribution >= 4 is 32.9 Å². The number of pyridine rings is 1. The number of nitrogens with one attached hydrogen (secondary N) is 1. The fourth-order valence-electron chi connectivity index (χ4n) is 1.59. The van der Waals surface area contributed by atoms with Crippen molar-refractivity contribution in [2.24, 2.45) is 5.73 Å². The number of nitrogens with zero attached hydrogens (tertiary/aromatic N) is 1. The minimum absolute atomic E-state index is 0.103. The van der Waals surface area contributed by atoms with Crippen LogP contribution in [-0.2, 0) is 10.0 Å². The minimum Gasteiger partial charge on any atom is -0.389 e. The highest BCUT2D eigenvalue weighted by Gasteiger charge is 2.16. The van der Waals surface area contributed by atoms with Crippen LogP contribution in [0.15, 0.2) is 47.6 Å². The number of sulfonamides is 1. The van der Waals surface area contributed by atoms with Gasteiger partial charge in [-0.05, 0) is 30.7 Å². The fraction of sp³-hybridized carbons (Fsp3) is 0.0769. The molecule has 1 aromatic heterocycles. The maximum absolute atomic E-state index is 12.3. The van der Waals surface area contributed by atoms with Gasteiger partial charge in [-0.3, -0.25) is 9.71 Å². The van der Waals surface area contributed by atoms with E-state index in [0.29, 0.717) is 11.3 Å². The molecular weight excluding hydrogens is 294 g/mol. The lowest BCUT2D eigenvalue weighted by atomic mass is 10.2. The summed E-state index contributed by atoms with van der Waals surface area (Å²) in [7, 11) is -3.70. The van der Waals surface area contributed by atoms with Crippen molar-refractivity contribution in [3.05, 3.63) is 53.9 Å². The molecule has 0 aliphatic heterocycles. The molecule has 0 bridgehead atoms. The van der Waals surface area contributed by atoms with Crippen LogP contribution in [0.3, 0.4) is 0 Å². The van der Waals surface area contributed by atoms with E-state index in [2.05, 4.69) is 9.71 Å². The highest BCUT2D eigenvalue weighted by atomic mass is 32.2. The van der Waals surface area contributed by atoms with Gasteiger partial charge < -0.3 is 5.73 Å². The summed E-state index contributed by atoms with van der Waals surface area (Å²) < 4.78 is 27.1. The summed E-state index contributed by atoms with van der Waals surface area (Å²) in [6.07, 6.45) is 3.06. The third-order valence-corrected chi connectivity index (χ3v) is 4.31. The van der Waals surface area contributed by atoms with E-state index in [1.165, 1.54) is 18.3 Å². The Morgan fingerprint density at radius 2 is 2.10 bits per heavy atom. The van der Waals surface area contributed by atoms with Gasteiger partial charge >= 0.3 is 0 Å². The Morgan fingerprint density at radius 1 is 1.35 bits per heavy atom. The van der Waals surface area contributed by atoms with Crippen LogP contribution in [0.25, 0.3) is 0 Å². The first kappa shape index (κ1) is 14.4. The standard InChI is InChI=1S/C13H13N3O2S2/c1-9-5-6-15-8-12(9)16-20(17,18)11-4-2-3-10(7-11)13(14)19/h2-8,16H,1H3,(H2,14,19). The van der Waals surface area contributed by atoms with E-state index < -0.39 is 10.0 Å². The van der Waals surface area contributed by atoms with Gasteiger partial charge in [0.2, 0.25) is 0 Å². The summed E-state index contributed by atoms with van der Waals surface area (Å²) in [4.78, 5) is 4.16. The molecule has 0 aliphatic carbocycles. The predicted octanol–water partition coefficient (Wildman–Crippen LogP) is 1.83. The van der Waals surface area contributed by atoms with Crippen LogP contribution in [-0.4, -0.2) is 18.4 Å². The zero-order valence-corrected chi connectivity index (χ0v) is 12.3. The molecule has 0 aliphatic rings. The summed E-state index contributed by atoms with van der Waals surface area (Å²) >= 11 is 4.85. The van der Waals surface area contributed by atoms with Crippen LogP contribution < -0.4 is 10.5 Å². The van der Waals surface area contributed by atoms with Crippen molar-refractivity contribution in [3.63, 3.8) is 0 Å². The van der Waals surface area contributed by atoms with Crippen LogP contribution in [0.1, 0.15) is 11.1 Å². The third kappa shape index (κ3) is 3.12. The molecule has 0 saturated carbocycles. The average Bonchev–Trinajstić information content (AvgIpc) is 2.41. The third-order valence-electron chi connectivity index (χ3n) is 2.71. The molecule has 0 amide bonds. The minimum atomic E-state index is -3.70. The van der Waals surface area contributed by atoms with Crippen molar-refractivity contribution in [1.29, 1.82) is 0 Å². The second kappa shape index (κ2) is 5.56. The molecule has 104 valence electrons. The second-order valence-electron chi connectivity index (χ2n) is 4.19. The number of thiocarbonyl (C=S) groups is 1. The number of aryl methyl sites for hydroxylation is 1. The van der Waals surface area contributed by atoms with Crippen molar-refractivity contribution in [3.8, 4) is 0 Å². The molecule has 1 heterocycles. The smallest absolute Gasteiger partial charge is 0.261 e. The van der Waals surface area contributed by atoms with Crippen LogP contribution in [0, 0.1) is 6.92 Å². The molecule has 20 heavy (non-hydrogen) atoms. The summed E-state index contributed by atoms with van der Waals surface area (Å²) in [6.45, 7) is 1.80. The maximum atomic E-state index is 12.3. The number of anilines is 1. The van der Waals surface area contributed by atoms with Gasteiger partial charge in [0.05, 0.1) is 16.8 Å². The van der Waals surface area contributed by atoms with Gasteiger partial charge in [-0.2, -0.15) is 0 Å². The van der Waals surface area contributed by atoms with Gasteiger partial charge in [-0.15, -0.1) is 0 Å². The predicted molar refractivity (Wildman–Crippen MR) is 82.1 cm³/mol. The molecule has 3 N–H and O–H groups in total. The van der Waals surface area contributed by atoms with Gasteiger partial charge in [0.25, 0.3) is 10.0 Å². The van der Waals surface area contributed by atoms with Gasteiger partial charge in [-0.1, -0.05) is 24.4 Å². The normalized spacial score (nSPS) is 11.1. The van der Waals surface area contributed by atoms with E-state index in [-0.39, 0.29) is 9.88 Å². The first-order chi connectivity index (χ1) is 9.40. The van der Waals surface area contributed by atoms with E-state index in [1.807, 2.05) is 0 Å². The van der Waals surface area contributed by atoms with E-state index >= 15 is 0 Å². The maximum Gasteiger partial charge on any atom is 0.261 e. The quantitative estimate of drug-likeness (QED) is 0.842. The first-order valence-corrected chi connectivity index (χ1v) is 7.62. The molecule has 0 radical (unpaired) electrons. The van der Waals surface area contributed by atoms with Crippen molar-refractivity contribution in [2.75, 3.05) is 4.72 Å². The Kier molecular flexibility index (Phi) is 4.01. The Balaban J connectivity index is 2.38. The lowest BCUT2D eigenvalue weighted by Crippen LogP contribution is -2.16. The molecule has 0 saturated heterocycles. The van der Waals surface area contributed by atoms with E-state index in [4.69, 9.17) is 18.0 Å². The molecular formula is C13H13N3O2S2. The molecule has 0 unspecified atom stereocenters. The zero-order valence-electron chi connectivity index (χ0n) is 10.7. The van der Waals surface area contributed by atoms with E-state index in [1.54, 1.807) is 31.3 Å². The van der Waals surface area contributed by atoms with Crippen molar-refractivity contribution in [2.45, 2.75) is 11.8 Å². The Morgan fingerprint density at radius 3 is 2.75 bits per heavy atom. The molecule has 0 fully saturated rings. The monoisotopic (exact) mass is 307 g/mol. The second-order valence-corrected chi connectivity index (χ2v) is 6.31. The Labute approximate surface area is 122 Å². The number of benzene rings is 1. The lowest BCUT2D eigenvalue weighted by molar-refractivity contribution is 0.601. The number of nitrogens with two attached hydrogens (primary N) is 1. The molecule has 0 spiro atoms. The van der Waals surface area contributed by atoms with Crippen LogP contribution in [0.4, 0.5) is 5.69 Å². The summed E-state index contributed by atoms with van der Waals surface area (Å²) in [5.74, 6) is 0. The number of hydrogen-bond donors (Lipinski definition) is 2. The highest BCUT2D eigenvalue weighted by Crippen LogP contribution is 2.19. The van der Waals surface area contributed by atoms with Crippen LogP contribution in [0.5, 0.6) is 0 Å². The Hall–Kier alpha value is -1.99. The van der Waals surface area contributed by atoms with Crippen LogP contribution >= 0.6 is 12.2 Å². The van der Waals surface area contributed by atoms with E-state index in [0.717, 1.165) is 5.56 Å². The summed E-state index contributed by atoms with van der Waals surface area (Å²) in [5.41, 5.74) is 7.24. The molecule has 7 heteroatoms. The number of rotatable bonds is 4. The van der Waals surface area contributed by atoms with E-state index in [9.17, 15) is 8.42 Å². The fourth-order valence-corrected chi connectivity index (χ4v) is 2.88. The Bertz CT molecular complexity index is 758. The zero-order chi connectivity index (χ0) is 14.8. The van der Waals surface area contributed by atoms with Crippen LogP contribution in [0.2, 0.25) is 0 Å². The summed E-state index contributed by atoms with van der Waals surface area (Å²) in [6, 6.07) is 7.91. The SMILES string of the molecule is Cc1ccncc1NS(=O)(=O)c1cccc(C(N)=S)c1. The molecule has 5 nitrogen and oxygen atoms in total. The van der Waals surface area contributed by atoms with Crippen molar-refractivity contribution in [1.82, 2.24) is 4.98 Å². The van der Waals surface area contributed by atoms with Gasteiger partial charge in [0.15, 0.2) is 0 Å². The average molecular weight is 307 g/mol. The topological polar surface area (TPSA) is 85.1 Å². The molecule has 0 atom stereocenters. The largest absolute Gasteiger partial charge is 0.389 e. The van der Waals surface area contributed by atoms with Crippen molar-refractivity contribution < 1.29 is 8.42 Å². The van der Waals surface area contributed by atoms with Gasteiger partial charge in [0, 0.05) is 11.8 Å².